The molecule has 0 radical (unpaired) electrons. The zero-order valence-electron chi connectivity index (χ0n) is 18.0. The minimum atomic E-state index is -0.283. The van der Waals surface area contributed by atoms with Crippen molar-refractivity contribution >= 4 is 17.5 Å². The highest BCUT2D eigenvalue weighted by Crippen LogP contribution is 2.24. The number of rotatable bonds is 6. The number of amides is 2. The van der Waals surface area contributed by atoms with E-state index in [-0.39, 0.29) is 11.8 Å². The highest BCUT2D eigenvalue weighted by Gasteiger charge is 2.19. The molecule has 0 saturated carbocycles. The van der Waals surface area contributed by atoms with Gasteiger partial charge >= 0.3 is 0 Å². The summed E-state index contributed by atoms with van der Waals surface area (Å²) in [6.45, 7) is 2.57. The van der Waals surface area contributed by atoms with Gasteiger partial charge in [-0.15, -0.1) is 0 Å². The van der Waals surface area contributed by atoms with Gasteiger partial charge in [0.15, 0.2) is 0 Å². The number of aryl methyl sites for hydroxylation is 1. The second kappa shape index (κ2) is 9.31. The van der Waals surface area contributed by atoms with Gasteiger partial charge in [0.1, 0.15) is 5.69 Å². The Morgan fingerprint density at radius 1 is 0.906 bits per heavy atom. The van der Waals surface area contributed by atoms with Crippen LogP contribution in [0.2, 0.25) is 0 Å². The summed E-state index contributed by atoms with van der Waals surface area (Å²) in [7, 11) is 1.57. The molecule has 0 aliphatic rings. The van der Waals surface area contributed by atoms with Gasteiger partial charge in [0.2, 0.25) is 0 Å². The standard InChI is InChI=1S/C26H24N4O2/c1-18-11-13-20(14-12-18)24-23(17-30(29-24)16-19-7-4-3-5-8-19)26(32)28-22-10-6-9-21(15-22)25(31)27-2/h3-15,17H,16H2,1-2H3,(H,27,31)(H,28,32). The van der Waals surface area contributed by atoms with Gasteiger partial charge in [0.25, 0.3) is 11.8 Å². The van der Waals surface area contributed by atoms with Crippen molar-refractivity contribution in [2.24, 2.45) is 0 Å². The second-order valence-corrected chi connectivity index (χ2v) is 7.55. The summed E-state index contributed by atoms with van der Waals surface area (Å²) < 4.78 is 1.78. The number of hydrogen-bond donors (Lipinski definition) is 2. The SMILES string of the molecule is CNC(=O)c1cccc(NC(=O)c2cn(Cc3ccccc3)nc2-c2ccc(C)cc2)c1. The minimum Gasteiger partial charge on any atom is -0.355 e. The zero-order valence-corrected chi connectivity index (χ0v) is 18.0. The Morgan fingerprint density at radius 3 is 2.38 bits per heavy atom. The Balaban J connectivity index is 1.67. The molecule has 1 aromatic heterocycles. The summed E-state index contributed by atoms with van der Waals surface area (Å²) in [5, 5.41) is 10.2. The maximum absolute atomic E-state index is 13.2. The molecule has 2 N–H and O–H groups in total. The lowest BCUT2D eigenvalue weighted by Gasteiger charge is -2.07. The summed E-state index contributed by atoms with van der Waals surface area (Å²) in [5.41, 5.74) is 5.19. The van der Waals surface area contributed by atoms with Crippen molar-refractivity contribution in [3.05, 3.63) is 107 Å². The largest absolute Gasteiger partial charge is 0.355 e. The Bertz CT molecular complexity index is 1240. The number of nitrogens with one attached hydrogen (secondary N) is 2. The summed E-state index contributed by atoms with van der Waals surface area (Å²) in [6.07, 6.45) is 1.76. The number of hydrogen-bond acceptors (Lipinski definition) is 3. The van der Waals surface area contributed by atoms with E-state index in [1.54, 1.807) is 42.2 Å². The van der Waals surface area contributed by atoms with E-state index in [0.29, 0.717) is 29.1 Å². The van der Waals surface area contributed by atoms with Crippen LogP contribution in [0.3, 0.4) is 0 Å². The van der Waals surface area contributed by atoms with Gasteiger partial charge in [0, 0.05) is 30.1 Å². The maximum Gasteiger partial charge on any atom is 0.259 e. The third-order valence-electron chi connectivity index (χ3n) is 5.13. The van der Waals surface area contributed by atoms with Crippen molar-refractivity contribution in [3.8, 4) is 11.3 Å². The highest BCUT2D eigenvalue weighted by atomic mass is 16.2. The van der Waals surface area contributed by atoms with E-state index in [9.17, 15) is 9.59 Å². The average molecular weight is 425 g/mol. The van der Waals surface area contributed by atoms with Gasteiger partial charge in [-0.05, 0) is 30.7 Å². The van der Waals surface area contributed by atoms with Crippen molar-refractivity contribution in [2.45, 2.75) is 13.5 Å². The topological polar surface area (TPSA) is 76.0 Å². The van der Waals surface area contributed by atoms with E-state index in [0.717, 1.165) is 16.7 Å². The van der Waals surface area contributed by atoms with Crippen molar-refractivity contribution < 1.29 is 9.59 Å². The van der Waals surface area contributed by atoms with Crippen molar-refractivity contribution in [2.75, 3.05) is 12.4 Å². The second-order valence-electron chi connectivity index (χ2n) is 7.55. The van der Waals surface area contributed by atoms with Gasteiger partial charge in [-0.1, -0.05) is 66.2 Å². The van der Waals surface area contributed by atoms with Gasteiger partial charge in [-0.2, -0.15) is 5.10 Å². The molecule has 32 heavy (non-hydrogen) atoms. The number of benzene rings is 3. The highest BCUT2D eigenvalue weighted by molar-refractivity contribution is 6.08. The first-order valence-electron chi connectivity index (χ1n) is 10.4. The molecule has 4 aromatic rings. The molecule has 0 fully saturated rings. The first-order valence-corrected chi connectivity index (χ1v) is 10.4. The zero-order chi connectivity index (χ0) is 22.5. The minimum absolute atomic E-state index is 0.211. The smallest absolute Gasteiger partial charge is 0.259 e. The molecule has 0 aliphatic carbocycles. The maximum atomic E-state index is 13.2. The first kappa shape index (κ1) is 21.1. The number of nitrogens with zero attached hydrogens (tertiary/aromatic N) is 2. The lowest BCUT2D eigenvalue weighted by molar-refractivity contribution is 0.0961. The molecule has 6 nitrogen and oxygen atoms in total. The molecule has 6 heteroatoms. The molecule has 3 aromatic carbocycles. The van der Waals surface area contributed by atoms with Crippen LogP contribution in [0.4, 0.5) is 5.69 Å². The van der Waals surface area contributed by atoms with E-state index >= 15 is 0 Å². The molecule has 0 unspecified atom stereocenters. The van der Waals surface area contributed by atoms with E-state index in [1.807, 2.05) is 61.5 Å². The molecule has 4 rings (SSSR count). The van der Waals surface area contributed by atoms with Crippen LogP contribution in [-0.2, 0) is 6.54 Å². The first-order chi connectivity index (χ1) is 15.5. The molecule has 0 bridgehead atoms. The number of aromatic nitrogens is 2. The van der Waals surface area contributed by atoms with Crippen LogP contribution >= 0.6 is 0 Å². The van der Waals surface area contributed by atoms with Crippen LogP contribution in [0.1, 0.15) is 31.8 Å². The van der Waals surface area contributed by atoms with Gasteiger partial charge in [-0.3, -0.25) is 14.3 Å². The molecule has 0 aliphatic heterocycles. The van der Waals surface area contributed by atoms with E-state index in [4.69, 9.17) is 5.10 Å². The Hall–Kier alpha value is -4.19. The van der Waals surface area contributed by atoms with E-state index < -0.39 is 0 Å². The molecule has 2 amide bonds. The predicted molar refractivity (Wildman–Crippen MR) is 126 cm³/mol. The Morgan fingerprint density at radius 2 is 1.66 bits per heavy atom. The molecule has 0 saturated heterocycles. The molecule has 0 atom stereocenters. The summed E-state index contributed by atoms with van der Waals surface area (Å²) in [6, 6.07) is 24.7. The number of anilines is 1. The fourth-order valence-corrected chi connectivity index (χ4v) is 3.44. The van der Waals surface area contributed by atoms with Crippen LogP contribution in [0.25, 0.3) is 11.3 Å². The molecule has 0 spiro atoms. The Labute approximate surface area is 186 Å². The predicted octanol–water partition coefficient (Wildman–Crippen LogP) is 4.52. The van der Waals surface area contributed by atoms with Crippen LogP contribution in [0.15, 0.2) is 85.1 Å². The van der Waals surface area contributed by atoms with Crippen molar-refractivity contribution in [1.82, 2.24) is 15.1 Å². The van der Waals surface area contributed by atoms with Crippen LogP contribution in [0.5, 0.6) is 0 Å². The van der Waals surface area contributed by atoms with E-state index in [1.165, 1.54) is 0 Å². The van der Waals surface area contributed by atoms with Crippen LogP contribution in [-0.4, -0.2) is 28.6 Å². The van der Waals surface area contributed by atoms with Crippen LogP contribution in [0, 0.1) is 6.92 Å². The molecular weight excluding hydrogens is 400 g/mol. The normalized spacial score (nSPS) is 10.6. The quantitative estimate of drug-likeness (QED) is 0.478. The molecule has 160 valence electrons. The molecular formula is C26H24N4O2. The van der Waals surface area contributed by atoms with Gasteiger partial charge < -0.3 is 10.6 Å². The molecule has 1 heterocycles. The monoisotopic (exact) mass is 424 g/mol. The van der Waals surface area contributed by atoms with Gasteiger partial charge in [-0.25, -0.2) is 0 Å². The summed E-state index contributed by atoms with van der Waals surface area (Å²) >= 11 is 0. The fraction of sp³-hybridized carbons (Fsp3) is 0.115. The lowest BCUT2D eigenvalue weighted by atomic mass is 10.1. The number of carbonyl (C=O) groups is 2. The lowest BCUT2D eigenvalue weighted by Crippen LogP contribution is -2.18. The van der Waals surface area contributed by atoms with E-state index in [2.05, 4.69) is 10.6 Å². The average Bonchev–Trinajstić information content (AvgIpc) is 3.23. The third-order valence-corrected chi connectivity index (χ3v) is 5.13. The summed E-state index contributed by atoms with van der Waals surface area (Å²) in [5.74, 6) is -0.494. The van der Waals surface area contributed by atoms with Crippen molar-refractivity contribution in [1.29, 1.82) is 0 Å². The number of carbonyl (C=O) groups excluding carboxylic acids is 2. The third kappa shape index (κ3) is 4.75. The fourth-order valence-electron chi connectivity index (χ4n) is 3.44. The van der Waals surface area contributed by atoms with Gasteiger partial charge in [0.05, 0.1) is 12.1 Å². The van der Waals surface area contributed by atoms with Crippen molar-refractivity contribution in [3.63, 3.8) is 0 Å². The Kier molecular flexibility index (Phi) is 6.12. The van der Waals surface area contributed by atoms with Crippen LogP contribution < -0.4 is 10.6 Å². The summed E-state index contributed by atoms with van der Waals surface area (Å²) in [4.78, 5) is 25.2.